The zero-order valence-corrected chi connectivity index (χ0v) is 47.1. The molecular formula is C50H94N8O23. The van der Waals surface area contributed by atoms with E-state index in [1.165, 1.54) is 0 Å². The quantitative estimate of drug-likeness (QED) is 0.0279. The lowest BCUT2D eigenvalue weighted by Crippen LogP contribution is -2.39. The maximum Gasteiger partial charge on any atom is 0.405 e. The molecule has 0 saturated heterocycles. The molecule has 12 N–H and O–H groups in total. The Balaban J connectivity index is 3.43. The van der Waals surface area contributed by atoms with Crippen LogP contribution in [0.15, 0.2) is 0 Å². The molecule has 0 aliphatic heterocycles. The zero-order valence-electron chi connectivity index (χ0n) is 47.1. The topological polar surface area (TPSA) is 427 Å². The van der Waals surface area contributed by atoms with Gasteiger partial charge in [0.1, 0.15) is 0 Å². The van der Waals surface area contributed by atoms with Crippen LogP contribution in [0.3, 0.4) is 0 Å². The summed E-state index contributed by atoms with van der Waals surface area (Å²) >= 11 is 0. The van der Waals surface area contributed by atoms with Gasteiger partial charge in [-0.05, 0) is 64.2 Å². The molecule has 0 fully saturated rings. The Morgan fingerprint density at radius 3 is 0.778 bits per heavy atom. The predicted octanol–water partition coefficient (Wildman–Crippen LogP) is -0.567. The maximum absolute atomic E-state index is 12.3. The van der Waals surface area contributed by atoms with Crippen LogP contribution in [0.5, 0.6) is 0 Å². The van der Waals surface area contributed by atoms with Crippen molar-refractivity contribution in [3.05, 3.63) is 0 Å². The molecule has 0 aliphatic carbocycles. The van der Waals surface area contributed by atoms with Crippen molar-refractivity contribution in [2.75, 3.05) is 185 Å². The highest BCUT2D eigenvalue weighted by molar-refractivity contribution is 5.83. The molecule has 81 heavy (non-hydrogen) atoms. The fourth-order valence-corrected chi connectivity index (χ4v) is 6.35. The Hall–Kier alpha value is -5.48. The van der Waals surface area contributed by atoms with E-state index in [2.05, 4.69) is 30.7 Å². The van der Waals surface area contributed by atoms with Gasteiger partial charge < -0.3 is 115 Å². The largest absolute Gasteiger partial charge is 0.450 e. The molecule has 0 aromatic carbocycles. The van der Waals surface area contributed by atoms with Crippen LogP contribution in [0.2, 0.25) is 0 Å². The van der Waals surface area contributed by atoms with Gasteiger partial charge in [-0.15, -0.1) is 0 Å². The number of nitrogens with one attached hydrogen (secondary N) is 4. The molecule has 0 heterocycles. The van der Waals surface area contributed by atoms with Gasteiger partial charge in [0.25, 0.3) is 11.8 Å². The number of carbonyl (C=O) groups excluding carboxylic acids is 8. The fraction of sp³-hybridized carbons (Fsp3) is 0.840. The Bertz CT molecular complexity index is 1500. The zero-order chi connectivity index (χ0) is 59.5. The van der Waals surface area contributed by atoms with Gasteiger partial charge in [-0.3, -0.25) is 19.2 Å². The smallest absolute Gasteiger partial charge is 0.405 e. The Labute approximate surface area is 474 Å². The molecule has 0 saturated carbocycles. The van der Waals surface area contributed by atoms with Crippen molar-refractivity contribution >= 4 is 48.0 Å². The minimum atomic E-state index is -1.06. The standard InChI is InChI=1S/C50H94N8O23/c51-47(63)78-21-3-1-9-41(80-49(53)65)45(61)57-15-7-19-69-27-33-73-31-25-67-17-5-13-55-43(59)11-23-71-29-35-75-37-39-77-40-38-76-36-30-72-24-12-44(60)56-14-6-18-68-26-32-74-34-28-70-20-8-16-58-46(62)42(81-50(54)66)10-2-4-22-79-48(52)64/h41-42H,1-40H2,(H2,51,63)(H2,52,64)(H2,53,65)(H2,54,66)(H,55,59)(H,56,60)(H,57,61)(H,58,62)/t41-,42-/m0/s1. The Kier molecular flexibility index (Phi) is 53.8. The van der Waals surface area contributed by atoms with Crippen LogP contribution in [0.25, 0.3) is 0 Å². The summed E-state index contributed by atoms with van der Waals surface area (Å²) < 4.78 is 79.4. The van der Waals surface area contributed by atoms with E-state index in [1.807, 2.05) is 0 Å². The number of carbonyl (C=O) groups is 8. The fourth-order valence-electron chi connectivity index (χ4n) is 6.35. The molecule has 31 nitrogen and oxygen atoms in total. The van der Waals surface area contributed by atoms with E-state index in [-0.39, 0.29) is 63.9 Å². The maximum atomic E-state index is 12.3. The number of nitrogens with two attached hydrogens (primary N) is 4. The molecule has 0 aliphatic rings. The van der Waals surface area contributed by atoms with E-state index in [1.54, 1.807) is 0 Å². The summed E-state index contributed by atoms with van der Waals surface area (Å²) in [5, 5.41) is 11.0. The van der Waals surface area contributed by atoms with Gasteiger partial charge in [0, 0.05) is 65.4 Å². The van der Waals surface area contributed by atoms with Crippen LogP contribution in [0.4, 0.5) is 19.2 Å². The third-order valence-corrected chi connectivity index (χ3v) is 10.3. The van der Waals surface area contributed by atoms with Crippen LogP contribution < -0.4 is 44.2 Å². The van der Waals surface area contributed by atoms with Crippen molar-refractivity contribution in [1.29, 1.82) is 0 Å². The number of ether oxygens (including phenoxy) is 15. The minimum Gasteiger partial charge on any atom is -0.450 e. The van der Waals surface area contributed by atoms with Gasteiger partial charge >= 0.3 is 24.4 Å². The highest BCUT2D eigenvalue weighted by Gasteiger charge is 2.22. The monoisotopic (exact) mass is 1170 g/mol. The highest BCUT2D eigenvalue weighted by Crippen LogP contribution is 2.08. The average molecular weight is 1180 g/mol. The second-order valence-corrected chi connectivity index (χ2v) is 17.1. The first-order valence-electron chi connectivity index (χ1n) is 27.5. The molecule has 0 unspecified atom stereocenters. The van der Waals surface area contributed by atoms with Crippen LogP contribution >= 0.6 is 0 Å². The third-order valence-electron chi connectivity index (χ3n) is 10.3. The van der Waals surface area contributed by atoms with E-state index in [0.717, 1.165) is 0 Å². The SMILES string of the molecule is NC(=O)OCCCC[C@H](OC(N)=O)C(=O)NCCCOCCOCCOCCCNC(=O)CCOCCOCCOCCOCCOCCC(=O)NCCCOCCOCCOCCCNC(=O)[C@H](CCCCOC(N)=O)OC(N)=O. The second-order valence-electron chi connectivity index (χ2n) is 17.1. The van der Waals surface area contributed by atoms with Gasteiger partial charge in [0.05, 0.1) is 132 Å². The van der Waals surface area contributed by atoms with E-state index in [0.29, 0.717) is 210 Å². The predicted molar refractivity (Wildman–Crippen MR) is 286 cm³/mol. The van der Waals surface area contributed by atoms with Gasteiger partial charge in [-0.2, -0.15) is 0 Å². The summed E-state index contributed by atoms with van der Waals surface area (Å²) in [4.78, 5) is 92.2. The molecule has 0 bridgehead atoms. The van der Waals surface area contributed by atoms with E-state index in [9.17, 15) is 38.4 Å². The average Bonchev–Trinajstić information content (AvgIpc) is 3.42. The molecule has 472 valence electrons. The van der Waals surface area contributed by atoms with Crippen LogP contribution in [0.1, 0.15) is 77.0 Å². The molecule has 0 spiro atoms. The van der Waals surface area contributed by atoms with Gasteiger partial charge in [0.2, 0.25) is 11.8 Å². The van der Waals surface area contributed by atoms with Crippen molar-refractivity contribution in [1.82, 2.24) is 21.3 Å². The lowest BCUT2D eigenvalue weighted by atomic mass is 10.1. The van der Waals surface area contributed by atoms with Crippen molar-refractivity contribution < 1.29 is 109 Å². The number of amides is 8. The van der Waals surface area contributed by atoms with Crippen molar-refractivity contribution in [3.8, 4) is 0 Å². The number of hydrogen-bond donors (Lipinski definition) is 8. The third kappa shape index (κ3) is 57.6. The van der Waals surface area contributed by atoms with Gasteiger partial charge in [0.15, 0.2) is 12.2 Å². The van der Waals surface area contributed by atoms with Gasteiger partial charge in [-0.1, -0.05) is 0 Å². The van der Waals surface area contributed by atoms with Crippen LogP contribution in [-0.4, -0.2) is 245 Å². The normalized spacial score (nSPS) is 11.8. The molecule has 0 aromatic heterocycles. The lowest BCUT2D eigenvalue weighted by Gasteiger charge is -2.16. The summed E-state index contributed by atoms with van der Waals surface area (Å²) in [6, 6.07) is 0. The number of unbranched alkanes of at least 4 members (excludes halogenated alkanes) is 2. The summed E-state index contributed by atoms with van der Waals surface area (Å²) in [5.41, 5.74) is 19.9. The van der Waals surface area contributed by atoms with Gasteiger partial charge in [-0.25, -0.2) is 19.2 Å². The highest BCUT2D eigenvalue weighted by atomic mass is 16.6. The molecule has 8 amide bonds. The van der Waals surface area contributed by atoms with Crippen LogP contribution in [-0.2, 0) is 90.2 Å². The first-order chi connectivity index (χ1) is 39.3. The molecule has 31 heteroatoms. The van der Waals surface area contributed by atoms with Crippen LogP contribution in [0, 0.1) is 0 Å². The summed E-state index contributed by atoms with van der Waals surface area (Å²) in [5.74, 6) is -1.18. The molecule has 0 rings (SSSR count). The van der Waals surface area contributed by atoms with Crippen molar-refractivity contribution in [3.63, 3.8) is 0 Å². The molecule has 0 radical (unpaired) electrons. The first kappa shape index (κ1) is 75.5. The van der Waals surface area contributed by atoms with E-state index in [4.69, 9.17) is 84.5 Å². The van der Waals surface area contributed by atoms with E-state index < -0.39 is 48.4 Å². The summed E-state index contributed by atoms with van der Waals surface area (Å²) in [7, 11) is 0. The lowest BCUT2D eigenvalue weighted by molar-refractivity contribution is -0.130. The molecular weight excluding hydrogens is 1080 g/mol. The Morgan fingerprint density at radius 1 is 0.272 bits per heavy atom. The number of hydrogen-bond acceptors (Lipinski definition) is 23. The minimum absolute atomic E-state index is 0.0952. The summed E-state index contributed by atoms with van der Waals surface area (Å²) in [6.45, 7) is 10.1. The molecule has 0 aromatic rings. The summed E-state index contributed by atoms with van der Waals surface area (Å²) in [6.07, 6.45) is -0.960. The Morgan fingerprint density at radius 2 is 0.519 bits per heavy atom. The van der Waals surface area contributed by atoms with Crippen molar-refractivity contribution in [2.45, 2.75) is 89.3 Å². The molecule has 2 atom stereocenters. The van der Waals surface area contributed by atoms with Crippen molar-refractivity contribution in [2.24, 2.45) is 22.9 Å². The number of rotatable bonds is 60. The number of primary amides is 4. The van der Waals surface area contributed by atoms with E-state index >= 15 is 0 Å². The second kappa shape index (κ2) is 57.7. The first-order valence-corrected chi connectivity index (χ1v) is 27.5.